The molecule has 1 amide bonds. The summed E-state index contributed by atoms with van der Waals surface area (Å²) in [6, 6.07) is 7.26. The number of thioether (sulfide) groups is 2. The van der Waals surface area contributed by atoms with Crippen molar-refractivity contribution in [1.82, 2.24) is 0 Å². The van der Waals surface area contributed by atoms with Crippen LogP contribution in [0.25, 0.3) is 0 Å². The average molecular weight is 388 g/mol. The number of halogens is 1. The highest BCUT2D eigenvalue weighted by Crippen LogP contribution is 2.30. The largest absolute Gasteiger partial charge is 0.322 e. The second-order valence-corrected chi connectivity index (χ2v) is 7.36. The lowest BCUT2D eigenvalue weighted by atomic mass is 10.0. The van der Waals surface area contributed by atoms with Gasteiger partial charge in [0.2, 0.25) is 0 Å². The predicted molar refractivity (Wildman–Crippen MR) is 96.7 cm³/mol. The number of ketones is 1. The second-order valence-electron chi connectivity index (χ2n) is 4.55. The van der Waals surface area contributed by atoms with Gasteiger partial charge in [0.25, 0.3) is 5.91 Å². The number of hydrogen-bond acceptors (Lipinski definition) is 4. The number of benzene rings is 1. The fourth-order valence-electron chi connectivity index (χ4n) is 1.61. The summed E-state index contributed by atoms with van der Waals surface area (Å²) in [5.74, 6) is -0.706. The normalized spacial score (nSPS) is 10.4. The number of rotatable bonds is 6. The van der Waals surface area contributed by atoms with Gasteiger partial charge in [-0.2, -0.15) is 0 Å². The van der Waals surface area contributed by atoms with E-state index in [9.17, 15) is 9.59 Å². The minimum absolute atomic E-state index is 0.136. The van der Waals surface area contributed by atoms with E-state index < -0.39 is 0 Å². The maximum absolute atomic E-state index is 12.5. The van der Waals surface area contributed by atoms with Crippen LogP contribution in [0.1, 0.15) is 13.8 Å². The standard InChI is InChI=1S/C15H18BrNO2S2/c1-9(2)13(18)12(15(20-3)21-4)14(19)17-11-7-5-10(16)6-8-11/h5-9H,1-4H3,(H,17,19). The van der Waals surface area contributed by atoms with E-state index in [4.69, 9.17) is 0 Å². The van der Waals surface area contributed by atoms with E-state index in [1.54, 1.807) is 26.0 Å². The fourth-order valence-corrected chi connectivity index (χ4v) is 3.33. The molecule has 0 bridgehead atoms. The van der Waals surface area contributed by atoms with Gasteiger partial charge in [-0.15, -0.1) is 23.5 Å². The summed E-state index contributed by atoms with van der Waals surface area (Å²) in [5.41, 5.74) is 0.909. The zero-order chi connectivity index (χ0) is 16.0. The van der Waals surface area contributed by atoms with Crippen LogP contribution in [0.3, 0.4) is 0 Å². The first-order valence-corrected chi connectivity index (χ1v) is 9.58. The zero-order valence-electron chi connectivity index (χ0n) is 12.4. The lowest BCUT2D eigenvalue weighted by Gasteiger charge is -2.13. The smallest absolute Gasteiger partial charge is 0.260 e. The van der Waals surface area contributed by atoms with Crippen molar-refractivity contribution in [2.24, 2.45) is 5.92 Å². The number of Topliss-reactive ketones (excluding diaryl/α,β-unsaturated/α-hetero) is 1. The highest BCUT2D eigenvalue weighted by Gasteiger charge is 2.25. The fraction of sp³-hybridized carbons (Fsp3) is 0.333. The molecule has 21 heavy (non-hydrogen) atoms. The number of carbonyl (C=O) groups excluding carboxylic acids is 2. The number of carbonyl (C=O) groups is 2. The summed E-state index contributed by atoms with van der Waals surface area (Å²) >= 11 is 6.18. The molecule has 0 saturated carbocycles. The third-order valence-electron chi connectivity index (χ3n) is 2.67. The molecule has 0 saturated heterocycles. The predicted octanol–water partition coefficient (Wildman–Crippen LogP) is 4.55. The van der Waals surface area contributed by atoms with Crippen LogP contribution in [-0.4, -0.2) is 24.2 Å². The van der Waals surface area contributed by atoms with Gasteiger partial charge < -0.3 is 5.32 Å². The lowest BCUT2D eigenvalue weighted by molar-refractivity contribution is -0.122. The van der Waals surface area contributed by atoms with E-state index in [-0.39, 0.29) is 23.2 Å². The summed E-state index contributed by atoms with van der Waals surface area (Å²) in [7, 11) is 0. The summed E-state index contributed by atoms with van der Waals surface area (Å²) in [6.45, 7) is 3.60. The van der Waals surface area contributed by atoms with Crippen LogP contribution in [-0.2, 0) is 9.59 Å². The molecule has 0 unspecified atom stereocenters. The van der Waals surface area contributed by atoms with Crippen LogP contribution in [0.15, 0.2) is 38.5 Å². The Kier molecular flexibility index (Phi) is 7.56. The first-order chi connectivity index (χ1) is 9.90. The number of hydrogen-bond donors (Lipinski definition) is 1. The molecule has 0 aromatic heterocycles. The molecular formula is C15H18BrNO2S2. The molecule has 0 heterocycles. The van der Waals surface area contributed by atoms with E-state index in [1.807, 2.05) is 24.6 Å². The Morgan fingerprint density at radius 2 is 1.62 bits per heavy atom. The molecule has 3 nitrogen and oxygen atoms in total. The van der Waals surface area contributed by atoms with Gasteiger partial charge in [0.05, 0.1) is 4.24 Å². The molecule has 1 aromatic rings. The molecule has 0 radical (unpaired) electrons. The second kappa shape index (κ2) is 8.66. The lowest BCUT2D eigenvalue weighted by Crippen LogP contribution is -2.24. The van der Waals surface area contributed by atoms with Crippen molar-refractivity contribution < 1.29 is 9.59 Å². The van der Waals surface area contributed by atoms with Gasteiger partial charge in [0.15, 0.2) is 5.78 Å². The van der Waals surface area contributed by atoms with E-state index >= 15 is 0 Å². The van der Waals surface area contributed by atoms with Crippen molar-refractivity contribution in [3.63, 3.8) is 0 Å². The van der Waals surface area contributed by atoms with E-state index in [2.05, 4.69) is 21.2 Å². The molecule has 0 aliphatic heterocycles. The minimum atomic E-state index is -0.352. The quantitative estimate of drug-likeness (QED) is 0.441. The van der Waals surface area contributed by atoms with Gasteiger partial charge in [-0.25, -0.2) is 0 Å². The van der Waals surface area contributed by atoms with Crippen LogP contribution in [0.2, 0.25) is 0 Å². The number of amides is 1. The Bertz CT molecular complexity index is 547. The first kappa shape index (κ1) is 18.3. The summed E-state index contributed by atoms with van der Waals surface area (Å²) in [6.07, 6.45) is 3.73. The van der Waals surface area contributed by atoms with Crippen LogP contribution in [0.5, 0.6) is 0 Å². The number of nitrogens with one attached hydrogen (secondary N) is 1. The third-order valence-corrected chi connectivity index (χ3v) is 5.35. The Labute approximate surface area is 142 Å². The third kappa shape index (κ3) is 5.20. The molecule has 1 rings (SSSR count). The van der Waals surface area contributed by atoms with E-state index in [1.165, 1.54) is 23.5 Å². The summed E-state index contributed by atoms with van der Waals surface area (Å²) in [4.78, 5) is 24.8. The van der Waals surface area contributed by atoms with Gasteiger partial charge in [-0.05, 0) is 36.8 Å². The molecule has 1 aromatic carbocycles. The minimum Gasteiger partial charge on any atom is -0.322 e. The van der Waals surface area contributed by atoms with Crippen molar-refractivity contribution in [2.45, 2.75) is 13.8 Å². The maximum Gasteiger partial charge on any atom is 0.260 e. The van der Waals surface area contributed by atoms with Crippen molar-refractivity contribution in [2.75, 3.05) is 17.8 Å². The molecule has 0 aliphatic carbocycles. The van der Waals surface area contributed by atoms with E-state index in [0.717, 1.165) is 8.71 Å². The van der Waals surface area contributed by atoms with Crippen molar-refractivity contribution in [1.29, 1.82) is 0 Å². The van der Waals surface area contributed by atoms with Gasteiger partial charge in [-0.3, -0.25) is 9.59 Å². The first-order valence-electron chi connectivity index (χ1n) is 6.34. The zero-order valence-corrected chi connectivity index (χ0v) is 15.6. The molecule has 0 atom stereocenters. The molecule has 114 valence electrons. The SMILES string of the molecule is CSC(SC)=C(C(=O)Nc1ccc(Br)cc1)C(=O)C(C)C. The Morgan fingerprint density at radius 1 is 1.10 bits per heavy atom. The maximum atomic E-state index is 12.5. The number of anilines is 1. The van der Waals surface area contributed by atoms with Crippen molar-refractivity contribution in [3.8, 4) is 0 Å². The molecular weight excluding hydrogens is 370 g/mol. The molecule has 6 heteroatoms. The molecule has 0 aliphatic rings. The van der Waals surface area contributed by atoms with Crippen LogP contribution in [0.4, 0.5) is 5.69 Å². The Morgan fingerprint density at radius 3 is 2.05 bits per heavy atom. The Hall–Kier alpha value is -0.720. The van der Waals surface area contributed by atoms with E-state index in [0.29, 0.717) is 5.69 Å². The molecule has 0 fully saturated rings. The summed E-state index contributed by atoms with van der Waals surface area (Å²) in [5, 5.41) is 2.79. The highest BCUT2D eigenvalue weighted by molar-refractivity contribution is 9.10. The highest BCUT2D eigenvalue weighted by atomic mass is 79.9. The van der Waals surface area contributed by atoms with Crippen molar-refractivity contribution >= 4 is 56.8 Å². The average Bonchev–Trinajstić information content (AvgIpc) is 2.46. The Balaban J connectivity index is 3.09. The topological polar surface area (TPSA) is 46.2 Å². The van der Waals surface area contributed by atoms with Gasteiger partial charge in [0, 0.05) is 16.1 Å². The van der Waals surface area contributed by atoms with Crippen LogP contribution >= 0.6 is 39.5 Å². The van der Waals surface area contributed by atoms with Gasteiger partial charge in [-0.1, -0.05) is 29.8 Å². The van der Waals surface area contributed by atoms with Crippen LogP contribution in [0, 0.1) is 5.92 Å². The molecule has 0 spiro atoms. The van der Waals surface area contributed by atoms with Gasteiger partial charge >= 0.3 is 0 Å². The monoisotopic (exact) mass is 387 g/mol. The summed E-state index contributed by atoms with van der Waals surface area (Å²) < 4.78 is 1.67. The molecule has 1 N–H and O–H groups in total. The van der Waals surface area contributed by atoms with Crippen LogP contribution < -0.4 is 5.32 Å². The van der Waals surface area contributed by atoms with Gasteiger partial charge in [0.1, 0.15) is 5.57 Å². The van der Waals surface area contributed by atoms with Crippen molar-refractivity contribution in [3.05, 3.63) is 38.5 Å².